The maximum Gasteiger partial charge on any atom is 0.404 e. The van der Waals surface area contributed by atoms with E-state index in [1.54, 1.807) is 6.07 Å². The van der Waals surface area contributed by atoms with Crippen LogP contribution < -0.4 is 4.74 Å². The lowest BCUT2D eigenvalue weighted by Gasteiger charge is -2.03. The van der Waals surface area contributed by atoms with E-state index in [1.807, 2.05) is 0 Å². The minimum Gasteiger partial charge on any atom is -0.494 e. The van der Waals surface area contributed by atoms with Crippen LogP contribution in [0.5, 0.6) is 5.75 Å². The SMILES string of the molecule is COc1ccc(Cn2cc(Br)c([N+](=O)[O-])n2)cc1F. The zero-order valence-electron chi connectivity index (χ0n) is 9.84. The second-order valence-corrected chi connectivity index (χ2v) is 4.58. The van der Waals surface area contributed by atoms with E-state index in [9.17, 15) is 14.5 Å². The molecule has 0 amide bonds. The number of aromatic nitrogens is 2. The van der Waals surface area contributed by atoms with Crippen molar-refractivity contribution in [2.24, 2.45) is 0 Å². The first-order chi connectivity index (χ1) is 9.01. The summed E-state index contributed by atoms with van der Waals surface area (Å²) in [5.74, 6) is -0.605. The number of ether oxygens (including phenoxy) is 1. The fraction of sp³-hybridized carbons (Fsp3) is 0.182. The molecule has 0 aliphatic carbocycles. The van der Waals surface area contributed by atoms with Gasteiger partial charge in [-0.15, -0.1) is 0 Å². The highest BCUT2D eigenvalue weighted by molar-refractivity contribution is 9.10. The average molecular weight is 330 g/mol. The van der Waals surface area contributed by atoms with E-state index >= 15 is 0 Å². The van der Waals surface area contributed by atoms with Crippen molar-refractivity contribution >= 4 is 21.7 Å². The zero-order valence-corrected chi connectivity index (χ0v) is 11.4. The summed E-state index contributed by atoms with van der Waals surface area (Å²) in [5.41, 5.74) is 0.628. The highest BCUT2D eigenvalue weighted by Gasteiger charge is 2.18. The summed E-state index contributed by atoms with van der Waals surface area (Å²) in [4.78, 5) is 10.1. The average Bonchev–Trinajstić information content (AvgIpc) is 2.70. The van der Waals surface area contributed by atoms with Crippen molar-refractivity contribution in [2.75, 3.05) is 7.11 Å². The Balaban J connectivity index is 2.24. The van der Waals surface area contributed by atoms with Gasteiger partial charge in [-0.2, -0.15) is 4.68 Å². The van der Waals surface area contributed by atoms with Gasteiger partial charge in [0.15, 0.2) is 11.6 Å². The third kappa shape index (κ3) is 2.90. The molecule has 0 saturated carbocycles. The number of methoxy groups -OCH3 is 1. The van der Waals surface area contributed by atoms with Gasteiger partial charge in [0, 0.05) is 0 Å². The van der Waals surface area contributed by atoms with Gasteiger partial charge in [0.05, 0.1) is 25.0 Å². The van der Waals surface area contributed by atoms with Crippen molar-refractivity contribution in [1.29, 1.82) is 0 Å². The lowest BCUT2D eigenvalue weighted by atomic mass is 10.2. The topological polar surface area (TPSA) is 70.2 Å². The zero-order chi connectivity index (χ0) is 14.0. The van der Waals surface area contributed by atoms with Crippen LogP contribution in [0.15, 0.2) is 28.9 Å². The van der Waals surface area contributed by atoms with E-state index in [-0.39, 0.29) is 22.6 Å². The molecule has 1 aromatic heterocycles. The molecule has 8 heteroatoms. The molecule has 0 bridgehead atoms. The van der Waals surface area contributed by atoms with Crippen molar-refractivity contribution < 1.29 is 14.1 Å². The molecule has 2 aromatic rings. The minimum absolute atomic E-state index is 0.149. The fourth-order valence-electron chi connectivity index (χ4n) is 1.59. The number of rotatable bonds is 4. The van der Waals surface area contributed by atoms with Gasteiger partial charge in [-0.1, -0.05) is 6.07 Å². The van der Waals surface area contributed by atoms with Crippen LogP contribution in [0.25, 0.3) is 0 Å². The fourth-order valence-corrected chi connectivity index (χ4v) is 2.05. The summed E-state index contributed by atoms with van der Waals surface area (Å²) < 4.78 is 20.0. The summed E-state index contributed by atoms with van der Waals surface area (Å²) in [5, 5.41) is 14.4. The van der Waals surface area contributed by atoms with Crippen molar-refractivity contribution in [1.82, 2.24) is 9.78 Å². The largest absolute Gasteiger partial charge is 0.494 e. The second-order valence-electron chi connectivity index (χ2n) is 3.72. The number of hydrogen-bond donors (Lipinski definition) is 0. The lowest BCUT2D eigenvalue weighted by molar-refractivity contribution is -0.390. The Morgan fingerprint density at radius 1 is 1.58 bits per heavy atom. The maximum atomic E-state index is 13.5. The molecule has 0 saturated heterocycles. The Bertz CT molecular complexity index is 630. The summed E-state index contributed by atoms with van der Waals surface area (Å²) in [6, 6.07) is 4.47. The van der Waals surface area contributed by atoms with Gasteiger partial charge >= 0.3 is 5.82 Å². The molecule has 0 N–H and O–H groups in total. The van der Waals surface area contributed by atoms with Crippen LogP contribution in [0, 0.1) is 15.9 Å². The second kappa shape index (κ2) is 5.35. The van der Waals surface area contributed by atoms with Crippen LogP contribution in [-0.2, 0) is 6.54 Å². The van der Waals surface area contributed by atoms with E-state index in [0.717, 1.165) is 0 Å². The molecule has 100 valence electrons. The van der Waals surface area contributed by atoms with Gasteiger partial charge in [-0.3, -0.25) is 0 Å². The van der Waals surface area contributed by atoms with Gasteiger partial charge in [0.2, 0.25) is 0 Å². The number of nitro groups is 1. The van der Waals surface area contributed by atoms with Crippen LogP contribution in [0.4, 0.5) is 10.2 Å². The lowest BCUT2D eigenvalue weighted by Crippen LogP contribution is -2.02. The first-order valence-corrected chi connectivity index (χ1v) is 6.00. The third-order valence-electron chi connectivity index (χ3n) is 2.43. The standard InChI is InChI=1S/C11H9BrFN3O3/c1-19-10-3-2-7(4-9(10)13)5-15-6-8(12)11(14-15)16(17)18/h2-4,6H,5H2,1H3. The molecular weight excluding hydrogens is 321 g/mol. The molecular formula is C11H9BrFN3O3. The van der Waals surface area contributed by atoms with Crippen molar-refractivity contribution in [3.05, 3.63) is 50.4 Å². The smallest absolute Gasteiger partial charge is 0.404 e. The molecule has 0 radical (unpaired) electrons. The van der Waals surface area contributed by atoms with E-state index in [0.29, 0.717) is 5.56 Å². The minimum atomic E-state index is -0.588. The van der Waals surface area contributed by atoms with E-state index in [1.165, 1.54) is 30.1 Å². The molecule has 0 aliphatic heterocycles. The van der Waals surface area contributed by atoms with Crippen molar-refractivity contribution in [3.8, 4) is 5.75 Å². The Hall–Kier alpha value is -1.96. The molecule has 0 atom stereocenters. The van der Waals surface area contributed by atoms with E-state index in [4.69, 9.17) is 4.74 Å². The third-order valence-corrected chi connectivity index (χ3v) is 2.99. The van der Waals surface area contributed by atoms with Crippen LogP contribution in [-0.4, -0.2) is 21.8 Å². The molecule has 2 rings (SSSR count). The van der Waals surface area contributed by atoms with Crippen LogP contribution in [0.2, 0.25) is 0 Å². The number of hydrogen-bond acceptors (Lipinski definition) is 4. The summed E-state index contributed by atoms with van der Waals surface area (Å²) in [7, 11) is 1.38. The summed E-state index contributed by atoms with van der Waals surface area (Å²) in [6.45, 7) is 0.230. The first kappa shape index (κ1) is 13.5. The van der Waals surface area contributed by atoms with Gasteiger partial charge < -0.3 is 14.9 Å². The Kier molecular flexibility index (Phi) is 3.79. The van der Waals surface area contributed by atoms with Gasteiger partial charge in [0.25, 0.3) is 0 Å². The molecule has 0 fully saturated rings. The van der Waals surface area contributed by atoms with E-state index in [2.05, 4.69) is 21.0 Å². The number of halogens is 2. The highest BCUT2D eigenvalue weighted by atomic mass is 79.9. The van der Waals surface area contributed by atoms with E-state index < -0.39 is 10.7 Å². The Morgan fingerprint density at radius 2 is 2.32 bits per heavy atom. The number of nitrogens with zero attached hydrogens (tertiary/aromatic N) is 3. The van der Waals surface area contributed by atoms with Crippen molar-refractivity contribution in [2.45, 2.75) is 6.54 Å². The first-order valence-electron chi connectivity index (χ1n) is 5.21. The summed E-state index contributed by atoms with van der Waals surface area (Å²) in [6.07, 6.45) is 1.47. The Morgan fingerprint density at radius 3 is 2.84 bits per heavy atom. The predicted octanol–water partition coefficient (Wildman–Crippen LogP) is 2.75. The van der Waals surface area contributed by atoms with Gasteiger partial charge in [-0.05, 0) is 38.5 Å². The highest BCUT2D eigenvalue weighted by Crippen LogP contribution is 2.23. The molecule has 19 heavy (non-hydrogen) atoms. The summed E-state index contributed by atoms with van der Waals surface area (Å²) >= 11 is 3.05. The monoisotopic (exact) mass is 329 g/mol. The quantitative estimate of drug-likeness (QED) is 0.638. The van der Waals surface area contributed by atoms with Gasteiger partial charge in [-0.25, -0.2) is 4.39 Å². The maximum absolute atomic E-state index is 13.5. The molecule has 1 aromatic carbocycles. The molecule has 1 heterocycles. The predicted molar refractivity (Wildman–Crippen MR) is 68.6 cm³/mol. The molecule has 0 unspecified atom stereocenters. The van der Waals surface area contributed by atoms with Crippen LogP contribution in [0.3, 0.4) is 0 Å². The van der Waals surface area contributed by atoms with Crippen molar-refractivity contribution in [3.63, 3.8) is 0 Å². The Labute approximate surface area is 116 Å². The van der Waals surface area contributed by atoms with Crippen LogP contribution in [0.1, 0.15) is 5.56 Å². The molecule has 6 nitrogen and oxygen atoms in total. The molecule has 0 spiro atoms. The van der Waals surface area contributed by atoms with Crippen LogP contribution >= 0.6 is 15.9 Å². The number of benzene rings is 1. The van der Waals surface area contributed by atoms with Gasteiger partial charge in [0.1, 0.15) is 4.47 Å². The normalized spacial score (nSPS) is 10.5. The molecule has 0 aliphatic rings.